The summed E-state index contributed by atoms with van der Waals surface area (Å²) < 4.78 is 4.68. The van der Waals surface area contributed by atoms with Gasteiger partial charge in [0.05, 0.1) is 27.9 Å². The van der Waals surface area contributed by atoms with E-state index in [0.717, 1.165) is 67.1 Å². The van der Waals surface area contributed by atoms with Crippen molar-refractivity contribution in [2.24, 2.45) is 0 Å². The minimum atomic E-state index is 0.933. The summed E-state index contributed by atoms with van der Waals surface area (Å²) in [4.78, 5) is 10.1. The summed E-state index contributed by atoms with van der Waals surface area (Å²) in [5.41, 5.74) is 15.3. The fourth-order valence-electron chi connectivity index (χ4n) is 8.33. The number of pyridine rings is 2. The molecule has 0 N–H and O–H groups in total. The first-order chi connectivity index (χ1) is 27.8. The molecule has 0 atom stereocenters. The Labute approximate surface area is 324 Å². The van der Waals surface area contributed by atoms with Gasteiger partial charge in [0.1, 0.15) is 5.65 Å². The van der Waals surface area contributed by atoms with E-state index in [4.69, 9.17) is 9.97 Å². The topological polar surface area (TPSA) is 35.6 Å². The summed E-state index contributed by atoms with van der Waals surface area (Å²) in [6.07, 6.45) is 1.89. The highest BCUT2D eigenvalue weighted by Gasteiger charge is 2.17. The number of benzene rings is 7. The quantitative estimate of drug-likeness (QED) is 0.172. The molecular formula is C52H34N4. The van der Waals surface area contributed by atoms with Crippen LogP contribution in [0.15, 0.2) is 206 Å². The fourth-order valence-corrected chi connectivity index (χ4v) is 8.33. The third-order valence-electron chi connectivity index (χ3n) is 10.9. The van der Waals surface area contributed by atoms with Gasteiger partial charge in [0.15, 0.2) is 0 Å². The molecule has 0 fully saturated rings. The highest BCUT2D eigenvalue weighted by Crippen LogP contribution is 2.39. The van der Waals surface area contributed by atoms with Crippen LogP contribution in [0, 0.1) is 0 Å². The normalized spacial score (nSPS) is 11.6. The van der Waals surface area contributed by atoms with Crippen molar-refractivity contribution in [1.29, 1.82) is 0 Å². The van der Waals surface area contributed by atoms with Gasteiger partial charge in [-0.1, -0.05) is 127 Å². The predicted molar refractivity (Wildman–Crippen MR) is 232 cm³/mol. The van der Waals surface area contributed by atoms with Crippen molar-refractivity contribution in [1.82, 2.24) is 19.1 Å². The van der Waals surface area contributed by atoms with Crippen LogP contribution in [0.25, 0.3) is 99.9 Å². The second-order valence-electron chi connectivity index (χ2n) is 14.3. The molecule has 4 heteroatoms. The summed E-state index contributed by atoms with van der Waals surface area (Å²) in [7, 11) is 0. The number of hydrogen-bond donors (Lipinski definition) is 0. The first kappa shape index (κ1) is 31.9. The van der Waals surface area contributed by atoms with Gasteiger partial charge in [0.25, 0.3) is 0 Å². The molecule has 0 aliphatic rings. The van der Waals surface area contributed by atoms with Gasteiger partial charge in [-0.15, -0.1) is 0 Å². The minimum Gasteiger partial charge on any atom is -0.309 e. The number of rotatable bonds is 6. The molecule has 4 heterocycles. The zero-order chi connectivity index (χ0) is 37.0. The van der Waals surface area contributed by atoms with Gasteiger partial charge < -0.3 is 4.57 Å². The molecule has 0 saturated carbocycles. The van der Waals surface area contributed by atoms with Crippen molar-refractivity contribution in [3.8, 4) is 56.1 Å². The van der Waals surface area contributed by atoms with E-state index in [9.17, 15) is 0 Å². The van der Waals surface area contributed by atoms with E-state index < -0.39 is 0 Å². The Morgan fingerprint density at radius 3 is 1.64 bits per heavy atom. The highest BCUT2D eigenvalue weighted by molar-refractivity contribution is 6.12. The first-order valence-corrected chi connectivity index (χ1v) is 19.0. The maximum Gasteiger partial charge on any atom is 0.145 e. The molecule has 0 aliphatic heterocycles. The van der Waals surface area contributed by atoms with Crippen molar-refractivity contribution in [2.45, 2.75) is 0 Å². The fraction of sp³-hybridized carbons (Fsp3) is 0. The van der Waals surface area contributed by atoms with Crippen LogP contribution in [0.3, 0.4) is 0 Å². The van der Waals surface area contributed by atoms with E-state index >= 15 is 0 Å². The van der Waals surface area contributed by atoms with E-state index in [2.05, 4.69) is 191 Å². The van der Waals surface area contributed by atoms with E-state index in [1.165, 1.54) is 32.8 Å². The summed E-state index contributed by atoms with van der Waals surface area (Å²) in [5.74, 6) is 0. The zero-order valence-electron chi connectivity index (χ0n) is 30.4. The van der Waals surface area contributed by atoms with Crippen LogP contribution in [-0.2, 0) is 0 Å². The van der Waals surface area contributed by atoms with Crippen LogP contribution >= 0.6 is 0 Å². The van der Waals surface area contributed by atoms with Crippen LogP contribution < -0.4 is 0 Å². The smallest absolute Gasteiger partial charge is 0.145 e. The monoisotopic (exact) mass is 714 g/mol. The first-order valence-electron chi connectivity index (χ1n) is 19.0. The molecule has 0 amide bonds. The van der Waals surface area contributed by atoms with Crippen LogP contribution in [0.1, 0.15) is 0 Å². The number of nitrogens with zero attached hydrogens (tertiary/aromatic N) is 4. The lowest BCUT2D eigenvalue weighted by Crippen LogP contribution is -1.96. The lowest BCUT2D eigenvalue weighted by atomic mass is 9.99. The molecule has 0 saturated heterocycles. The van der Waals surface area contributed by atoms with Crippen LogP contribution in [-0.4, -0.2) is 19.1 Å². The Kier molecular flexibility index (Phi) is 7.46. The Morgan fingerprint density at radius 1 is 0.304 bits per heavy atom. The lowest BCUT2D eigenvalue weighted by Gasteiger charge is -2.13. The van der Waals surface area contributed by atoms with Crippen molar-refractivity contribution >= 4 is 43.7 Å². The maximum atomic E-state index is 5.13. The van der Waals surface area contributed by atoms with E-state index in [1.54, 1.807) is 0 Å². The van der Waals surface area contributed by atoms with E-state index in [1.807, 2.05) is 24.4 Å². The summed E-state index contributed by atoms with van der Waals surface area (Å²) in [5, 5.41) is 4.78. The molecule has 262 valence electrons. The Balaban J connectivity index is 1.08. The van der Waals surface area contributed by atoms with E-state index in [0.29, 0.717) is 0 Å². The molecule has 0 unspecified atom stereocenters. The van der Waals surface area contributed by atoms with Gasteiger partial charge in [0.2, 0.25) is 0 Å². The Hall–Kier alpha value is -7.56. The molecular weight excluding hydrogens is 681 g/mol. The van der Waals surface area contributed by atoms with Crippen LogP contribution in [0.5, 0.6) is 0 Å². The van der Waals surface area contributed by atoms with Crippen molar-refractivity contribution in [2.75, 3.05) is 0 Å². The van der Waals surface area contributed by atoms with Crippen LogP contribution in [0.4, 0.5) is 0 Å². The molecule has 0 radical (unpaired) electrons. The van der Waals surface area contributed by atoms with Crippen molar-refractivity contribution in [3.63, 3.8) is 0 Å². The average Bonchev–Trinajstić information content (AvgIpc) is 3.79. The third-order valence-corrected chi connectivity index (χ3v) is 10.9. The van der Waals surface area contributed by atoms with Crippen LogP contribution in [0.2, 0.25) is 0 Å². The Bertz CT molecular complexity index is 3170. The number of aromatic nitrogens is 4. The predicted octanol–water partition coefficient (Wildman–Crippen LogP) is 13.3. The SMILES string of the molecule is c1ccc(-c2cc(-c3cccc(-n4c5cc(-c6ccc7c(c6)c6ccccc6n7-c6ccccc6)ccc5c5cccnc54)c3)cc(-c3ccccc3)n2)cc1. The molecule has 4 aromatic heterocycles. The summed E-state index contributed by atoms with van der Waals surface area (Å²) in [6, 6.07) is 71.3. The summed E-state index contributed by atoms with van der Waals surface area (Å²) in [6.45, 7) is 0. The van der Waals surface area contributed by atoms with Gasteiger partial charge in [-0.05, 0) is 95.1 Å². The number of para-hydroxylation sites is 2. The van der Waals surface area contributed by atoms with Crippen molar-refractivity contribution < 1.29 is 0 Å². The maximum absolute atomic E-state index is 5.13. The molecule has 11 aromatic rings. The van der Waals surface area contributed by atoms with Gasteiger partial charge in [-0.3, -0.25) is 4.57 Å². The van der Waals surface area contributed by atoms with Gasteiger partial charge in [0, 0.05) is 50.2 Å². The third kappa shape index (κ3) is 5.31. The van der Waals surface area contributed by atoms with Crippen molar-refractivity contribution in [3.05, 3.63) is 206 Å². The second kappa shape index (κ2) is 13.1. The summed E-state index contributed by atoms with van der Waals surface area (Å²) >= 11 is 0. The largest absolute Gasteiger partial charge is 0.309 e. The molecule has 4 nitrogen and oxygen atoms in total. The Morgan fingerprint density at radius 2 is 0.875 bits per heavy atom. The van der Waals surface area contributed by atoms with Gasteiger partial charge >= 0.3 is 0 Å². The molecule has 7 aromatic carbocycles. The molecule has 0 spiro atoms. The average molecular weight is 715 g/mol. The number of hydrogen-bond acceptors (Lipinski definition) is 2. The van der Waals surface area contributed by atoms with E-state index in [-0.39, 0.29) is 0 Å². The number of fused-ring (bicyclic) bond motifs is 6. The molecule has 11 rings (SSSR count). The second-order valence-corrected chi connectivity index (χ2v) is 14.3. The minimum absolute atomic E-state index is 0.933. The molecule has 0 aliphatic carbocycles. The lowest BCUT2D eigenvalue weighted by molar-refractivity contribution is 1.14. The molecule has 0 bridgehead atoms. The van der Waals surface area contributed by atoms with Gasteiger partial charge in [-0.2, -0.15) is 0 Å². The van der Waals surface area contributed by atoms with Gasteiger partial charge in [-0.25, -0.2) is 9.97 Å². The zero-order valence-corrected chi connectivity index (χ0v) is 30.4. The molecule has 56 heavy (non-hydrogen) atoms. The highest BCUT2D eigenvalue weighted by atomic mass is 15.0. The standard InChI is InChI=1S/C52H34N4/c1-4-14-35(15-5-1)47-32-40(33-48(54-47)36-16-6-2-7-17-36)37-18-12-21-42(30-37)56-51-34-39(25-27-44(51)45-23-13-29-53-52(45)56)38-26-28-50-46(31-38)43-22-10-11-24-49(43)55(50)41-19-8-3-9-20-41/h1-34H.